The lowest BCUT2D eigenvalue weighted by molar-refractivity contribution is 0.181. The number of anilines is 1. The van der Waals surface area contributed by atoms with Gasteiger partial charge in [-0.2, -0.15) is 0 Å². The monoisotopic (exact) mass is 348 g/mol. The Bertz CT molecular complexity index is 941. The van der Waals surface area contributed by atoms with E-state index >= 15 is 0 Å². The van der Waals surface area contributed by atoms with Crippen LogP contribution in [0.4, 0.5) is 5.95 Å². The standard InChI is InChI=1S/C20H20N4O2/c25-18(16-5-2-1-3-6-16)14-23-11-4-12-24-19(26)13-17(22-20(23)24)15-7-9-21-10-8-15/h1-3,5-10,13,18,25H,4,11-12,14H2/t18-/m0/s1. The number of nitrogens with zero attached hydrogens (tertiary/aromatic N) is 4. The van der Waals surface area contributed by atoms with E-state index in [1.165, 1.54) is 0 Å². The lowest BCUT2D eigenvalue weighted by Gasteiger charge is -2.32. The molecule has 1 aromatic carbocycles. The summed E-state index contributed by atoms with van der Waals surface area (Å²) in [6.45, 7) is 1.81. The summed E-state index contributed by atoms with van der Waals surface area (Å²) in [4.78, 5) is 23.3. The highest BCUT2D eigenvalue weighted by molar-refractivity contribution is 5.59. The van der Waals surface area contributed by atoms with E-state index in [1.807, 2.05) is 47.4 Å². The van der Waals surface area contributed by atoms with Crippen molar-refractivity contribution in [3.63, 3.8) is 0 Å². The Morgan fingerprint density at radius 3 is 2.62 bits per heavy atom. The van der Waals surface area contributed by atoms with Crippen LogP contribution in [0.25, 0.3) is 11.3 Å². The highest BCUT2D eigenvalue weighted by Crippen LogP contribution is 2.24. The van der Waals surface area contributed by atoms with E-state index in [4.69, 9.17) is 4.98 Å². The third-order valence-corrected chi connectivity index (χ3v) is 4.63. The number of aliphatic hydroxyl groups excluding tert-OH is 1. The molecule has 1 aliphatic rings. The van der Waals surface area contributed by atoms with Crippen LogP contribution in [0, 0.1) is 0 Å². The molecule has 0 saturated carbocycles. The Morgan fingerprint density at radius 2 is 1.85 bits per heavy atom. The largest absolute Gasteiger partial charge is 0.387 e. The van der Waals surface area contributed by atoms with Crippen molar-refractivity contribution in [2.24, 2.45) is 0 Å². The number of hydrogen-bond acceptors (Lipinski definition) is 5. The normalized spacial score (nSPS) is 14.7. The van der Waals surface area contributed by atoms with Crippen LogP contribution in [0.15, 0.2) is 65.7 Å². The van der Waals surface area contributed by atoms with Gasteiger partial charge >= 0.3 is 0 Å². The van der Waals surface area contributed by atoms with Crippen LogP contribution in [0.1, 0.15) is 18.1 Å². The fourth-order valence-electron chi connectivity index (χ4n) is 3.30. The molecular formula is C20H20N4O2. The molecule has 1 atom stereocenters. The molecule has 0 fully saturated rings. The second-order valence-electron chi connectivity index (χ2n) is 6.39. The van der Waals surface area contributed by atoms with Crippen LogP contribution in [0.5, 0.6) is 0 Å². The number of pyridine rings is 1. The number of hydrogen-bond donors (Lipinski definition) is 1. The van der Waals surface area contributed by atoms with Crippen LogP contribution in [0.2, 0.25) is 0 Å². The van der Waals surface area contributed by atoms with Crippen LogP contribution in [-0.2, 0) is 6.54 Å². The van der Waals surface area contributed by atoms with Crippen molar-refractivity contribution in [1.29, 1.82) is 0 Å². The molecule has 3 aromatic rings. The van der Waals surface area contributed by atoms with Crippen LogP contribution in [0.3, 0.4) is 0 Å². The lowest BCUT2D eigenvalue weighted by Crippen LogP contribution is -2.40. The molecule has 1 N–H and O–H groups in total. The van der Waals surface area contributed by atoms with Gasteiger partial charge in [-0.25, -0.2) is 4.98 Å². The Labute approximate surface area is 151 Å². The van der Waals surface area contributed by atoms with Gasteiger partial charge in [-0.05, 0) is 24.1 Å². The Balaban J connectivity index is 1.68. The molecule has 4 rings (SSSR count). The van der Waals surface area contributed by atoms with Crippen LogP contribution >= 0.6 is 0 Å². The third kappa shape index (κ3) is 3.23. The zero-order valence-electron chi connectivity index (χ0n) is 14.3. The fourth-order valence-corrected chi connectivity index (χ4v) is 3.30. The summed E-state index contributed by atoms with van der Waals surface area (Å²) in [7, 11) is 0. The first-order chi connectivity index (χ1) is 12.7. The molecule has 6 nitrogen and oxygen atoms in total. The summed E-state index contributed by atoms with van der Waals surface area (Å²) in [5.74, 6) is 0.616. The molecule has 6 heteroatoms. The van der Waals surface area contributed by atoms with E-state index in [-0.39, 0.29) is 5.56 Å². The molecule has 0 aliphatic carbocycles. The summed E-state index contributed by atoms with van der Waals surface area (Å²) >= 11 is 0. The van der Waals surface area contributed by atoms with E-state index in [0.29, 0.717) is 24.7 Å². The Kier molecular flexibility index (Phi) is 4.50. The van der Waals surface area contributed by atoms with Gasteiger partial charge < -0.3 is 10.0 Å². The van der Waals surface area contributed by atoms with Crippen LogP contribution in [-0.4, -0.2) is 32.7 Å². The predicted octanol–water partition coefficient (Wildman–Crippen LogP) is 2.25. The van der Waals surface area contributed by atoms with Crippen LogP contribution < -0.4 is 10.5 Å². The second kappa shape index (κ2) is 7.09. The van der Waals surface area contributed by atoms with E-state index in [0.717, 1.165) is 24.1 Å². The number of fused-ring (bicyclic) bond motifs is 1. The summed E-state index contributed by atoms with van der Waals surface area (Å²) in [6, 6.07) is 14.8. The summed E-state index contributed by atoms with van der Waals surface area (Å²) < 4.78 is 1.69. The van der Waals surface area contributed by atoms with Crippen molar-refractivity contribution in [3.8, 4) is 11.3 Å². The van der Waals surface area contributed by atoms with E-state index in [2.05, 4.69) is 4.98 Å². The van der Waals surface area contributed by atoms with Gasteiger partial charge in [0.25, 0.3) is 5.56 Å². The fraction of sp³-hybridized carbons (Fsp3) is 0.250. The smallest absolute Gasteiger partial charge is 0.255 e. The summed E-state index contributed by atoms with van der Waals surface area (Å²) in [6.07, 6.45) is 3.59. The molecule has 1 aliphatic heterocycles. The number of aliphatic hydroxyl groups is 1. The molecule has 0 spiro atoms. The van der Waals surface area contributed by atoms with Gasteiger partial charge in [-0.15, -0.1) is 0 Å². The maximum Gasteiger partial charge on any atom is 0.255 e. The predicted molar refractivity (Wildman–Crippen MR) is 100.0 cm³/mol. The van der Waals surface area contributed by atoms with Gasteiger partial charge in [0.2, 0.25) is 5.95 Å². The maximum atomic E-state index is 12.6. The van der Waals surface area contributed by atoms with E-state index in [9.17, 15) is 9.90 Å². The Morgan fingerprint density at radius 1 is 1.08 bits per heavy atom. The average molecular weight is 348 g/mol. The van der Waals surface area contributed by atoms with Crippen molar-refractivity contribution in [3.05, 3.63) is 76.8 Å². The highest BCUT2D eigenvalue weighted by atomic mass is 16.3. The molecule has 2 aromatic heterocycles. The number of rotatable bonds is 4. The van der Waals surface area contributed by atoms with Crippen molar-refractivity contribution < 1.29 is 5.11 Å². The second-order valence-corrected chi connectivity index (χ2v) is 6.39. The minimum absolute atomic E-state index is 0.0688. The first-order valence-corrected chi connectivity index (χ1v) is 8.72. The van der Waals surface area contributed by atoms with Crippen molar-refractivity contribution >= 4 is 5.95 Å². The van der Waals surface area contributed by atoms with Gasteiger partial charge in [0, 0.05) is 37.1 Å². The molecule has 132 valence electrons. The molecule has 0 saturated heterocycles. The first-order valence-electron chi connectivity index (χ1n) is 8.72. The zero-order chi connectivity index (χ0) is 17.9. The van der Waals surface area contributed by atoms with Gasteiger partial charge in [-0.3, -0.25) is 14.3 Å². The van der Waals surface area contributed by atoms with E-state index < -0.39 is 6.10 Å². The quantitative estimate of drug-likeness (QED) is 0.783. The van der Waals surface area contributed by atoms with Crippen molar-refractivity contribution in [2.45, 2.75) is 19.1 Å². The molecule has 0 radical (unpaired) electrons. The van der Waals surface area contributed by atoms with Gasteiger partial charge in [0.05, 0.1) is 18.3 Å². The SMILES string of the molecule is O=c1cc(-c2ccncc2)nc2n1CCCN2C[C@H](O)c1ccccc1. The number of benzene rings is 1. The highest BCUT2D eigenvalue weighted by Gasteiger charge is 2.23. The minimum atomic E-state index is -0.635. The third-order valence-electron chi connectivity index (χ3n) is 4.63. The van der Waals surface area contributed by atoms with E-state index in [1.54, 1.807) is 23.0 Å². The average Bonchev–Trinajstić information content (AvgIpc) is 2.70. The lowest BCUT2D eigenvalue weighted by atomic mass is 10.1. The molecule has 0 bridgehead atoms. The topological polar surface area (TPSA) is 71.2 Å². The molecular weight excluding hydrogens is 328 g/mol. The number of aromatic nitrogens is 3. The molecule has 0 unspecified atom stereocenters. The maximum absolute atomic E-state index is 12.6. The van der Waals surface area contributed by atoms with Crippen molar-refractivity contribution in [2.75, 3.05) is 18.0 Å². The zero-order valence-corrected chi connectivity index (χ0v) is 14.3. The first kappa shape index (κ1) is 16.5. The Hall–Kier alpha value is -2.99. The molecule has 3 heterocycles. The summed E-state index contributed by atoms with van der Waals surface area (Å²) in [5.41, 5.74) is 2.28. The van der Waals surface area contributed by atoms with Gasteiger partial charge in [0.1, 0.15) is 0 Å². The van der Waals surface area contributed by atoms with Crippen molar-refractivity contribution in [1.82, 2.24) is 14.5 Å². The molecule has 26 heavy (non-hydrogen) atoms. The number of β-amino-alcohol motifs (C(OH)–C–C–N with tert-alkyl or cyclic N) is 1. The van der Waals surface area contributed by atoms with Gasteiger partial charge in [0.15, 0.2) is 0 Å². The minimum Gasteiger partial charge on any atom is -0.387 e. The summed E-state index contributed by atoms with van der Waals surface area (Å²) in [5, 5.41) is 10.6. The molecule has 0 amide bonds. The van der Waals surface area contributed by atoms with Gasteiger partial charge in [-0.1, -0.05) is 30.3 Å².